The van der Waals surface area contributed by atoms with Crippen LogP contribution in [0.5, 0.6) is 0 Å². The van der Waals surface area contributed by atoms with E-state index in [0.717, 1.165) is 36.2 Å². The van der Waals surface area contributed by atoms with Crippen LogP contribution in [-0.4, -0.2) is 19.3 Å². The van der Waals surface area contributed by atoms with Crippen LogP contribution in [0.3, 0.4) is 0 Å². The fourth-order valence-corrected chi connectivity index (χ4v) is 2.74. The van der Waals surface area contributed by atoms with Crippen molar-refractivity contribution >= 4 is 44.8 Å². The lowest BCUT2D eigenvalue weighted by atomic mass is 10.2. The van der Waals surface area contributed by atoms with Crippen molar-refractivity contribution in [2.24, 2.45) is 0 Å². The average Bonchev–Trinajstić information content (AvgIpc) is 2.82. The molecule has 1 unspecified atom stereocenters. The number of anilines is 1. The lowest BCUT2D eigenvalue weighted by molar-refractivity contribution is 0.107. The SMILES string of the molecule is Clc1c(Br)ccc(NCCC2CCCO2)c1Cl. The second-order valence-corrected chi connectivity index (χ2v) is 5.68. The van der Waals surface area contributed by atoms with Gasteiger partial charge in [0, 0.05) is 17.6 Å². The Balaban J connectivity index is 1.88. The molecule has 0 aliphatic carbocycles. The van der Waals surface area contributed by atoms with Crippen molar-refractivity contribution in [2.45, 2.75) is 25.4 Å². The Morgan fingerprint density at radius 1 is 1.35 bits per heavy atom. The minimum atomic E-state index is 0.396. The molecule has 1 aromatic carbocycles. The van der Waals surface area contributed by atoms with Gasteiger partial charge in [0.2, 0.25) is 0 Å². The van der Waals surface area contributed by atoms with Gasteiger partial charge in [-0.05, 0) is 47.3 Å². The van der Waals surface area contributed by atoms with Crippen molar-refractivity contribution in [3.05, 3.63) is 26.7 Å². The van der Waals surface area contributed by atoms with E-state index in [1.807, 2.05) is 12.1 Å². The molecule has 2 nitrogen and oxygen atoms in total. The Hall–Kier alpha value is 0.0400. The normalized spacial score (nSPS) is 19.6. The summed E-state index contributed by atoms with van der Waals surface area (Å²) in [4.78, 5) is 0. The molecule has 0 bridgehead atoms. The van der Waals surface area contributed by atoms with Crippen LogP contribution in [0.15, 0.2) is 16.6 Å². The van der Waals surface area contributed by atoms with Crippen molar-refractivity contribution in [1.82, 2.24) is 0 Å². The van der Waals surface area contributed by atoms with E-state index in [4.69, 9.17) is 27.9 Å². The number of halogens is 3. The molecule has 0 spiro atoms. The minimum absolute atomic E-state index is 0.396. The Morgan fingerprint density at radius 2 is 2.18 bits per heavy atom. The summed E-state index contributed by atoms with van der Waals surface area (Å²) in [5, 5.41) is 4.40. The summed E-state index contributed by atoms with van der Waals surface area (Å²) in [6, 6.07) is 3.82. The van der Waals surface area contributed by atoms with Crippen molar-refractivity contribution in [3.63, 3.8) is 0 Å². The van der Waals surface area contributed by atoms with Gasteiger partial charge < -0.3 is 10.1 Å². The van der Waals surface area contributed by atoms with Gasteiger partial charge in [-0.1, -0.05) is 23.2 Å². The molecule has 0 aromatic heterocycles. The van der Waals surface area contributed by atoms with Crippen molar-refractivity contribution in [1.29, 1.82) is 0 Å². The molecular formula is C12H14BrCl2NO. The molecule has 1 aliphatic rings. The number of nitrogens with one attached hydrogen (secondary N) is 1. The summed E-state index contributed by atoms with van der Waals surface area (Å²) in [5.74, 6) is 0. The van der Waals surface area contributed by atoms with Gasteiger partial charge in [0.1, 0.15) is 0 Å². The first-order chi connectivity index (χ1) is 8.18. The quantitative estimate of drug-likeness (QED) is 0.801. The zero-order chi connectivity index (χ0) is 12.3. The molecule has 1 aromatic rings. The Kier molecular flexibility index (Phi) is 4.97. The molecule has 1 atom stereocenters. The average molecular weight is 339 g/mol. The first-order valence-electron chi connectivity index (χ1n) is 5.67. The van der Waals surface area contributed by atoms with E-state index in [2.05, 4.69) is 21.2 Å². The van der Waals surface area contributed by atoms with Crippen LogP contribution in [0.25, 0.3) is 0 Å². The van der Waals surface area contributed by atoms with Crippen LogP contribution in [0, 0.1) is 0 Å². The summed E-state index contributed by atoms with van der Waals surface area (Å²) in [6.07, 6.45) is 3.74. The van der Waals surface area contributed by atoms with E-state index in [1.165, 1.54) is 6.42 Å². The fourth-order valence-electron chi connectivity index (χ4n) is 1.90. The molecule has 0 saturated carbocycles. The van der Waals surface area contributed by atoms with Crippen LogP contribution in [0.1, 0.15) is 19.3 Å². The highest BCUT2D eigenvalue weighted by atomic mass is 79.9. The van der Waals surface area contributed by atoms with E-state index in [-0.39, 0.29) is 0 Å². The summed E-state index contributed by atoms with van der Waals surface area (Å²) in [6.45, 7) is 1.75. The van der Waals surface area contributed by atoms with Gasteiger partial charge in [0.05, 0.1) is 21.8 Å². The summed E-state index contributed by atoms with van der Waals surface area (Å²) >= 11 is 15.5. The number of hydrogen-bond acceptors (Lipinski definition) is 2. The van der Waals surface area contributed by atoms with E-state index in [9.17, 15) is 0 Å². The standard InChI is InChI=1S/C12H14BrCl2NO/c13-9-3-4-10(12(15)11(9)14)16-6-5-8-2-1-7-17-8/h3-4,8,16H,1-2,5-7H2. The van der Waals surface area contributed by atoms with Crippen LogP contribution >= 0.6 is 39.1 Å². The topological polar surface area (TPSA) is 21.3 Å². The van der Waals surface area contributed by atoms with Crippen LogP contribution in [-0.2, 0) is 4.74 Å². The molecule has 1 N–H and O–H groups in total. The number of benzene rings is 1. The monoisotopic (exact) mass is 337 g/mol. The third-order valence-electron chi connectivity index (χ3n) is 2.84. The summed E-state index contributed by atoms with van der Waals surface area (Å²) < 4.78 is 6.37. The van der Waals surface area contributed by atoms with Crippen molar-refractivity contribution < 1.29 is 4.74 Å². The maximum atomic E-state index is 6.14. The second kappa shape index (κ2) is 6.28. The highest BCUT2D eigenvalue weighted by molar-refractivity contribution is 9.10. The van der Waals surface area contributed by atoms with Crippen LogP contribution in [0.4, 0.5) is 5.69 Å². The van der Waals surface area contributed by atoms with Gasteiger partial charge in [0.15, 0.2) is 0 Å². The largest absolute Gasteiger partial charge is 0.384 e. The summed E-state index contributed by atoms with van der Waals surface area (Å²) in [7, 11) is 0. The molecule has 0 radical (unpaired) electrons. The molecule has 1 aliphatic heterocycles. The van der Waals surface area contributed by atoms with Crippen LogP contribution in [0.2, 0.25) is 10.0 Å². The lowest BCUT2D eigenvalue weighted by Crippen LogP contribution is -2.12. The lowest BCUT2D eigenvalue weighted by Gasteiger charge is -2.13. The number of rotatable bonds is 4. The Labute approximate surface area is 120 Å². The van der Waals surface area contributed by atoms with Gasteiger partial charge in [-0.25, -0.2) is 0 Å². The molecular weight excluding hydrogens is 325 g/mol. The Bertz CT molecular complexity index is 394. The molecule has 17 heavy (non-hydrogen) atoms. The fraction of sp³-hybridized carbons (Fsp3) is 0.500. The van der Waals surface area contributed by atoms with Gasteiger partial charge in [-0.2, -0.15) is 0 Å². The predicted octanol–water partition coefficient (Wildman–Crippen LogP) is 4.74. The van der Waals surface area contributed by atoms with Crippen LogP contribution < -0.4 is 5.32 Å². The van der Waals surface area contributed by atoms with Gasteiger partial charge >= 0.3 is 0 Å². The van der Waals surface area contributed by atoms with Gasteiger partial charge in [-0.3, -0.25) is 0 Å². The van der Waals surface area contributed by atoms with E-state index in [0.29, 0.717) is 16.1 Å². The number of hydrogen-bond donors (Lipinski definition) is 1. The van der Waals surface area contributed by atoms with Gasteiger partial charge in [-0.15, -0.1) is 0 Å². The zero-order valence-electron chi connectivity index (χ0n) is 9.31. The molecule has 0 amide bonds. The number of ether oxygens (including phenoxy) is 1. The van der Waals surface area contributed by atoms with Gasteiger partial charge in [0.25, 0.3) is 0 Å². The minimum Gasteiger partial charge on any atom is -0.384 e. The maximum Gasteiger partial charge on any atom is 0.0835 e. The third kappa shape index (κ3) is 3.50. The molecule has 94 valence electrons. The zero-order valence-corrected chi connectivity index (χ0v) is 12.4. The molecule has 1 saturated heterocycles. The smallest absolute Gasteiger partial charge is 0.0835 e. The first kappa shape index (κ1) is 13.5. The van der Waals surface area contributed by atoms with E-state index in [1.54, 1.807) is 0 Å². The second-order valence-electron chi connectivity index (χ2n) is 4.07. The molecule has 5 heteroatoms. The highest BCUT2D eigenvalue weighted by Crippen LogP contribution is 2.35. The molecule has 2 rings (SSSR count). The third-order valence-corrected chi connectivity index (χ3v) is 4.61. The highest BCUT2D eigenvalue weighted by Gasteiger charge is 2.15. The predicted molar refractivity (Wildman–Crippen MR) is 76.2 cm³/mol. The summed E-state index contributed by atoms with van der Waals surface area (Å²) in [5.41, 5.74) is 0.873. The van der Waals surface area contributed by atoms with Crippen molar-refractivity contribution in [3.8, 4) is 0 Å². The van der Waals surface area contributed by atoms with Crippen molar-refractivity contribution in [2.75, 3.05) is 18.5 Å². The molecule has 1 fully saturated rings. The maximum absolute atomic E-state index is 6.14. The Morgan fingerprint density at radius 3 is 2.88 bits per heavy atom. The first-order valence-corrected chi connectivity index (χ1v) is 7.22. The van der Waals surface area contributed by atoms with E-state index < -0.39 is 0 Å². The van der Waals surface area contributed by atoms with E-state index >= 15 is 0 Å². The molecule has 1 heterocycles.